The quantitative estimate of drug-likeness (QED) is 0.767. The van der Waals surface area contributed by atoms with Gasteiger partial charge in [-0.15, -0.1) is 0 Å². The molecule has 1 unspecified atom stereocenters. The molecule has 15 heavy (non-hydrogen) atoms. The first-order chi connectivity index (χ1) is 7.02. The molecule has 0 aliphatic rings. The molecule has 0 saturated carbocycles. The molecular weight excluding hydrogens is 201 g/mol. The fourth-order valence-corrected chi connectivity index (χ4v) is 1.14. The molecule has 0 fully saturated rings. The topological polar surface area (TPSA) is 81.3 Å². The number of nitriles is 1. The number of rotatable bonds is 3. The molecule has 0 radical (unpaired) electrons. The van der Waals surface area contributed by atoms with E-state index in [4.69, 9.17) is 15.5 Å². The second-order valence-corrected chi connectivity index (χ2v) is 3.02. The summed E-state index contributed by atoms with van der Waals surface area (Å²) in [6.07, 6.45) is -1.81. The predicted octanol–water partition coefficient (Wildman–Crippen LogP) is 0.685. The maximum atomic E-state index is 12.9. The number of hydrogen-bond donors (Lipinski definition) is 2. The van der Waals surface area contributed by atoms with Crippen LogP contribution in [-0.4, -0.2) is 22.3 Å². The Morgan fingerprint density at radius 1 is 1.53 bits per heavy atom. The minimum atomic E-state index is -1.58. The Hall–Kier alpha value is -1.93. The highest BCUT2D eigenvalue weighted by molar-refractivity contribution is 5.72. The van der Waals surface area contributed by atoms with Crippen LogP contribution in [0.4, 0.5) is 4.39 Å². The molecule has 1 aromatic carbocycles. The number of halogens is 1. The van der Waals surface area contributed by atoms with Crippen LogP contribution in [0.3, 0.4) is 0 Å². The van der Waals surface area contributed by atoms with Gasteiger partial charge in [0.2, 0.25) is 0 Å². The third-order valence-corrected chi connectivity index (χ3v) is 1.80. The maximum absolute atomic E-state index is 12.9. The summed E-state index contributed by atoms with van der Waals surface area (Å²) < 4.78 is 12.9. The minimum absolute atomic E-state index is 0.0996. The summed E-state index contributed by atoms with van der Waals surface area (Å²) in [6.45, 7) is 0. The molecule has 0 amide bonds. The Morgan fingerprint density at radius 3 is 2.73 bits per heavy atom. The van der Waals surface area contributed by atoms with E-state index in [1.165, 1.54) is 6.07 Å². The summed E-state index contributed by atoms with van der Waals surface area (Å²) in [6, 6.07) is 5.21. The van der Waals surface area contributed by atoms with Crippen LogP contribution < -0.4 is 0 Å². The Kier molecular flexibility index (Phi) is 3.37. The molecule has 78 valence electrons. The first-order valence-corrected chi connectivity index (χ1v) is 4.13. The smallest absolute Gasteiger partial charge is 0.332 e. The van der Waals surface area contributed by atoms with Crippen molar-refractivity contribution in [3.05, 3.63) is 35.1 Å². The molecule has 5 heteroatoms. The van der Waals surface area contributed by atoms with Crippen molar-refractivity contribution < 1.29 is 19.4 Å². The molecule has 0 aromatic heterocycles. The third kappa shape index (κ3) is 3.04. The van der Waals surface area contributed by atoms with E-state index in [1.807, 2.05) is 0 Å². The highest BCUT2D eigenvalue weighted by Crippen LogP contribution is 2.10. The first kappa shape index (κ1) is 11.1. The molecule has 0 aliphatic carbocycles. The zero-order valence-corrected chi connectivity index (χ0v) is 7.64. The summed E-state index contributed by atoms with van der Waals surface area (Å²) in [7, 11) is 0. The van der Waals surface area contributed by atoms with Gasteiger partial charge in [0.05, 0.1) is 11.6 Å². The highest BCUT2D eigenvalue weighted by Gasteiger charge is 2.14. The number of carboxylic acids is 1. The lowest BCUT2D eigenvalue weighted by Gasteiger charge is -2.05. The Labute approximate surface area is 85.2 Å². The van der Waals surface area contributed by atoms with Crippen molar-refractivity contribution in [1.82, 2.24) is 0 Å². The number of carboxylic acid groups (broad SMARTS) is 1. The summed E-state index contributed by atoms with van der Waals surface area (Å²) in [5, 5.41) is 26.0. The monoisotopic (exact) mass is 209 g/mol. The van der Waals surface area contributed by atoms with Crippen LogP contribution in [-0.2, 0) is 11.2 Å². The highest BCUT2D eigenvalue weighted by atomic mass is 19.1. The zero-order valence-electron chi connectivity index (χ0n) is 7.64. The lowest BCUT2D eigenvalue weighted by atomic mass is 10.1. The number of carbonyl (C=O) groups is 1. The van der Waals surface area contributed by atoms with Crippen molar-refractivity contribution in [3.8, 4) is 6.07 Å². The van der Waals surface area contributed by atoms with E-state index in [1.54, 1.807) is 6.07 Å². The summed E-state index contributed by atoms with van der Waals surface area (Å²) in [5.41, 5.74) is 0.379. The molecular formula is C10H8FNO3. The van der Waals surface area contributed by atoms with Crippen molar-refractivity contribution in [3.63, 3.8) is 0 Å². The number of hydrogen-bond acceptors (Lipinski definition) is 3. The Bertz CT molecular complexity index is 425. The predicted molar refractivity (Wildman–Crippen MR) is 48.5 cm³/mol. The van der Waals surface area contributed by atoms with Gasteiger partial charge >= 0.3 is 5.97 Å². The standard InChI is InChI=1S/C10H8FNO3/c11-8-2-6(1-7(3-8)5-12)4-9(13)10(14)15/h1-3,9,13H,4H2,(H,14,15). The van der Waals surface area contributed by atoms with Crippen molar-refractivity contribution in [1.29, 1.82) is 5.26 Å². The second kappa shape index (κ2) is 4.53. The molecule has 0 heterocycles. The minimum Gasteiger partial charge on any atom is -0.479 e. The second-order valence-electron chi connectivity index (χ2n) is 3.02. The van der Waals surface area contributed by atoms with Crippen LogP contribution in [0.15, 0.2) is 18.2 Å². The van der Waals surface area contributed by atoms with Gasteiger partial charge in [0.1, 0.15) is 5.82 Å². The van der Waals surface area contributed by atoms with Crippen LogP contribution in [0.25, 0.3) is 0 Å². The average Bonchev–Trinajstić information content (AvgIpc) is 2.16. The van der Waals surface area contributed by atoms with Gasteiger partial charge in [0.15, 0.2) is 6.10 Å². The van der Waals surface area contributed by atoms with Crippen molar-refractivity contribution >= 4 is 5.97 Å². The van der Waals surface area contributed by atoms with Crippen molar-refractivity contribution in [2.24, 2.45) is 0 Å². The van der Waals surface area contributed by atoms with Crippen LogP contribution in [0.1, 0.15) is 11.1 Å². The van der Waals surface area contributed by atoms with Gasteiger partial charge in [-0.2, -0.15) is 5.26 Å². The van der Waals surface area contributed by atoms with Crippen LogP contribution in [0.5, 0.6) is 0 Å². The Balaban J connectivity index is 2.91. The number of benzene rings is 1. The van der Waals surface area contributed by atoms with Gasteiger partial charge in [-0.05, 0) is 23.8 Å². The summed E-state index contributed by atoms with van der Waals surface area (Å²) in [5.74, 6) is -2.00. The molecule has 4 nitrogen and oxygen atoms in total. The van der Waals surface area contributed by atoms with E-state index < -0.39 is 17.9 Å². The van der Waals surface area contributed by atoms with E-state index in [9.17, 15) is 9.18 Å². The van der Waals surface area contributed by atoms with Gasteiger partial charge in [-0.25, -0.2) is 9.18 Å². The lowest BCUT2D eigenvalue weighted by molar-refractivity contribution is -0.146. The van der Waals surface area contributed by atoms with Gasteiger partial charge < -0.3 is 10.2 Å². The molecule has 0 bridgehead atoms. The number of nitrogens with zero attached hydrogens (tertiary/aromatic N) is 1. The number of aliphatic hydroxyl groups excluding tert-OH is 1. The van der Waals surface area contributed by atoms with Crippen LogP contribution >= 0.6 is 0 Å². The SMILES string of the molecule is N#Cc1cc(F)cc(CC(O)C(=O)O)c1. The zero-order chi connectivity index (χ0) is 11.4. The maximum Gasteiger partial charge on any atom is 0.332 e. The molecule has 0 saturated heterocycles. The molecule has 1 atom stereocenters. The van der Waals surface area contributed by atoms with E-state index in [0.29, 0.717) is 0 Å². The number of aliphatic hydroxyl groups is 1. The van der Waals surface area contributed by atoms with Crippen molar-refractivity contribution in [2.75, 3.05) is 0 Å². The third-order valence-electron chi connectivity index (χ3n) is 1.80. The van der Waals surface area contributed by atoms with Gasteiger partial charge in [-0.1, -0.05) is 0 Å². The lowest BCUT2D eigenvalue weighted by Crippen LogP contribution is -2.22. The number of aliphatic carboxylic acids is 1. The molecule has 1 rings (SSSR count). The first-order valence-electron chi connectivity index (χ1n) is 4.13. The van der Waals surface area contributed by atoms with Crippen LogP contribution in [0, 0.1) is 17.1 Å². The van der Waals surface area contributed by atoms with Gasteiger partial charge in [0, 0.05) is 6.42 Å². The van der Waals surface area contributed by atoms with E-state index in [-0.39, 0.29) is 17.5 Å². The average molecular weight is 209 g/mol. The fourth-order valence-electron chi connectivity index (χ4n) is 1.14. The molecule has 0 spiro atoms. The molecule has 0 aliphatic heterocycles. The van der Waals surface area contributed by atoms with E-state index in [2.05, 4.69) is 0 Å². The van der Waals surface area contributed by atoms with Crippen LogP contribution in [0.2, 0.25) is 0 Å². The largest absolute Gasteiger partial charge is 0.479 e. The van der Waals surface area contributed by atoms with E-state index >= 15 is 0 Å². The van der Waals surface area contributed by atoms with E-state index in [0.717, 1.165) is 12.1 Å². The Morgan fingerprint density at radius 2 is 2.20 bits per heavy atom. The molecule has 2 N–H and O–H groups in total. The fraction of sp³-hybridized carbons (Fsp3) is 0.200. The molecule has 1 aromatic rings. The van der Waals surface area contributed by atoms with Gasteiger partial charge in [-0.3, -0.25) is 0 Å². The summed E-state index contributed by atoms with van der Waals surface area (Å²) >= 11 is 0. The summed E-state index contributed by atoms with van der Waals surface area (Å²) in [4.78, 5) is 10.3. The normalized spacial score (nSPS) is 11.8. The van der Waals surface area contributed by atoms with Gasteiger partial charge in [0.25, 0.3) is 0 Å². The van der Waals surface area contributed by atoms with Crippen molar-refractivity contribution in [2.45, 2.75) is 12.5 Å².